The summed E-state index contributed by atoms with van der Waals surface area (Å²) in [7, 11) is 0. The largest absolute Gasteiger partial charge is 0.378 e. The van der Waals surface area contributed by atoms with Crippen LogP contribution in [0.25, 0.3) is 0 Å². The maximum atomic E-state index is 9.52. The van der Waals surface area contributed by atoms with E-state index in [9.17, 15) is 5.11 Å². The Morgan fingerprint density at radius 3 is 2.40 bits per heavy atom. The van der Waals surface area contributed by atoms with Crippen molar-refractivity contribution in [3.63, 3.8) is 0 Å². The van der Waals surface area contributed by atoms with Gasteiger partial charge in [0, 0.05) is 0 Å². The normalized spacial score (nSPS) is 15.8. The van der Waals surface area contributed by atoms with E-state index in [1.807, 2.05) is 6.92 Å². The van der Waals surface area contributed by atoms with E-state index in [0.29, 0.717) is 6.42 Å². The summed E-state index contributed by atoms with van der Waals surface area (Å²) in [6.45, 7) is 4.00. The van der Waals surface area contributed by atoms with Crippen LogP contribution >= 0.6 is 0 Å². The molecule has 0 radical (unpaired) electrons. The Morgan fingerprint density at radius 2 is 2.10 bits per heavy atom. The Kier molecular flexibility index (Phi) is 4.14. The quantitative estimate of drug-likeness (QED) is 0.592. The molecule has 0 aliphatic heterocycles. The Labute approximate surface area is 63.5 Å². The highest BCUT2D eigenvalue weighted by molar-refractivity contribution is 5.06. The van der Waals surface area contributed by atoms with E-state index in [-0.39, 0.29) is 0 Å². The van der Waals surface area contributed by atoms with Crippen LogP contribution in [0.3, 0.4) is 0 Å². The van der Waals surface area contributed by atoms with Crippen LogP contribution in [0.1, 0.15) is 39.5 Å². The first-order chi connectivity index (χ1) is 4.68. The first-order valence-corrected chi connectivity index (χ1v) is 3.88. The predicted octanol–water partition coefficient (Wildman–Crippen LogP) is 1.95. The predicted molar refractivity (Wildman–Crippen MR) is 43.6 cm³/mol. The van der Waals surface area contributed by atoms with Crippen molar-refractivity contribution >= 4 is 0 Å². The average molecular weight is 140 g/mol. The van der Waals surface area contributed by atoms with E-state index in [0.717, 1.165) is 19.3 Å². The van der Waals surface area contributed by atoms with Crippen LogP contribution in [-0.4, -0.2) is 10.7 Å². The summed E-state index contributed by atoms with van der Waals surface area (Å²) in [5.74, 6) is 2.42. The number of rotatable bonds is 4. The minimum Gasteiger partial charge on any atom is -0.378 e. The van der Waals surface area contributed by atoms with Gasteiger partial charge in [0.15, 0.2) is 0 Å². The van der Waals surface area contributed by atoms with Crippen molar-refractivity contribution in [2.75, 3.05) is 0 Å². The number of terminal acetylenes is 1. The second-order valence-corrected chi connectivity index (χ2v) is 2.63. The summed E-state index contributed by atoms with van der Waals surface area (Å²) in [6.07, 6.45) is 8.64. The molecule has 1 atom stereocenters. The first kappa shape index (κ1) is 9.52. The molecule has 1 heteroatoms. The highest BCUT2D eigenvalue weighted by Gasteiger charge is 2.19. The molecule has 0 spiro atoms. The van der Waals surface area contributed by atoms with Gasteiger partial charge in [-0.25, -0.2) is 0 Å². The third-order valence-electron chi connectivity index (χ3n) is 1.80. The van der Waals surface area contributed by atoms with Crippen LogP contribution in [0, 0.1) is 12.3 Å². The van der Waals surface area contributed by atoms with Crippen LogP contribution in [0.5, 0.6) is 0 Å². The Morgan fingerprint density at radius 1 is 1.50 bits per heavy atom. The molecule has 0 saturated carbocycles. The molecule has 1 unspecified atom stereocenters. The number of aliphatic hydroxyl groups is 1. The van der Waals surface area contributed by atoms with E-state index >= 15 is 0 Å². The van der Waals surface area contributed by atoms with Crippen molar-refractivity contribution in [3.05, 3.63) is 0 Å². The lowest BCUT2D eigenvalue weighted by Crippen LogP contribution is -2.24. The molecule has 0 bridgehead atoms. The highest BCUT2D eigenvalue weighted by atomic mass is 16.3. The minimum absolute atomic E-state index is 0.656. The molecule has 0 aromatic heterocycles. The van der Waals surface area contributed by atoms with Gasteiger partial charge in [-0.1, -0.05) is 26.2 Å². The maximum absolute atomic E-state index is 9.52. The molecule has 0 aromatic rings. The van der Waals surface area contributed by atoms with Gasteiger partial charge in [-0.2, -0.15) is 0 Å². The fourth-order valence-corrected chi connectivity index (χ4v) is 0.820. The van der Waals surface area contributed by atoms with E-state index in [1.54, 1.807) is 0 Å². The van der Waals surface area contributed by atoms with Crippen LogP contribution < -0.4 is 0 Å². The van der Waals surface area contributed by atoms with Crippen LogP contribution in [-0.2, 0) is 0 Å². The fourth-order valence-electron chi connectivity index (χ4n) is 0.820. The summed E-state index contributed by atoms with van der Waals surface area (Å²) in [5.41, 5.74) is -0.837. The van der Waals surface area contributed by atoms with E-state index in [4.69, 9.17) is 6.42 Å². The van der Waals surface area contributed by atoms with Gasteiger partial charge in [0.25, 0.3) is 0 Å². The lowest BCUT2D eigenvalue weighted by atomic mass is 9.95. The van der Waals surface area contributed by atoms with Gasteiger partial charge in [0.05, 0.1) is 0 Å². The molecule has 0 aliphatic rings. The van der Waals surface area contributed by atoms with Gasteiger partial charge >= 0.3 is 0 Å². The molecule has 0 aromatic carbocycles. The van der Waals surface area contributed by atoms with Gasteiger partial charge in [0.1, 0.15) is 5.60 Å². The molecule has 0 fully saturated rings. The van der Waals surface area contributed by atoms with Crippen LogP contribution in [0.4, 0.5) is 0 Å². The van der Waals surface area contributed by atoms with Crippen molar-refractivity contribution in [3.8, 4) is 12.3 Å². The zero-order valence-corrected chi connectivity index (χ0v) is 6.85. The molecule has 0 heterocycles. The van der Waals surface area contributed by atoms with Crippen molar-refractivity contribution in [1.82, 2.24) is 0 Å². The zero-order chi connectivity index (χ0) is 8.04. The molecule has 1 nitrogen and oxygen atoms in total. The van der Waals surface area contributed by atoms with Crippen LogP contribution in [0.15, 0.2) is 0 Å². The second-order valence-electron chi connectivity index (χ2n) is 2.63. The van der Waals surface area contributed by atoms with Crippen molar-refractivity contribution in [2.24, 2.45) is 0 Å². The fraction of sp³-hybridized carbons (Fsp3) is 0.778. The monoisotopic (exact) mass is 140 g/mol. The molecule has 0 saturated heterocycles. The molecular formula is C9H16O. The highest BCUT2D eigenvalue weighted by Crippen LogP contribution is 2.16. The van der Waals surface area contributed by atoms with E-state index < -0.39 is 5.60 Å². The summed E-state index contributed by atoms with van der Waals surface area (Å²) >= 11 is 0. The molecule has 0 amide bonds. The Hall–Kier alpha value is -0.480. The summed E-state index contributed by atoms with van der Waals surface area (Å²) in [4.78, 5) is 0. The maximum Gasteiger partial charge on any atom is 0.125 e. The Bertz CT molecular complexity index is 123. The van der Waals surface area contributed by atoms with Crippen molar-refractivity contribution in [1.29, 1.82) is 0 Å². The second kappa shape index (κ2) is 4.35. The summed E-state index contributed by atoms with van der Waals surface area (Å²) in [5, 5.41) is 9.52. The SMILES string of the molecule is C#CC(O)(CC)CCCC. The third-order valence-corrected chi connectivity index (χ3v) is 1.80. The molecular weight excluding hydrogens is 124 g/mol. The average Bonchev–Trinajstić information content (AvgIpc) is 2.00. The number of hydrogen-bond donors (Lipinski definition) is 1. The van der Waals surface area contributed by atoms with Gasteiger partial charge in [-0.3, -0.25) is 0 Å². The van der Waals surface area contributed by atoms with E-state index in [2.05, 4.69) is 12.8 Å². The summed E-state index contributed by atoms with van der Waals surface area (Å²) in [6, 6.07) is 0. The van der Waals surface area contributed by atoms with E-state index in [1.165, 1.54) is 0 Å². The summed E-state index contributed by atoms with van der Waals surface area (Å²) < 4.78 is 0. The topological polar surface area (TPSA) is 20.2 Å². The first-order valence-electron chi connectivity index (χ1n) is 3.88. The lowest BCUT2D eigenvalue weighted by Gasteiger charge is -2.18. The third kappa shape index (κ3) is 2.89. The van der Waals surface area contributed by atoms with Gasteiger partial charge < -0.3 is 5.11 Å². The molecule has 10 heavy (non-hydrogen) atoms. The zero-order valence-electron chi connectivity index (χ0n) is 6.85. The lowest BCUT2D eigenvalue weighted by molar-refractivity contribution is 0.0853. The Balaban J connectivity index is 3.72. The van der Waals surface area contributed by atoms with Gasteiger partial charge in [-0.05, 0) is 19.3 Å². The van der Waals surface area contributed by atoms with Crippen molar-refractivity contribution < 1.29 is 5.11 Å². The molecule has 0 aliphatic carbocycles. The van der Waals surface area contributed by atoms with Crippen LogP contribution in [0.2, 0.25) is 0 Å². The molecule has 58 valence electrons. The van der Waals surface area contributed by atoms with Crippen molar-refractivity contribution in [2.45, 2.75) is 45.1 Å². The molecule has 1 N–H and O–H groups in total. The standard InChI is InChI=1S/C9H16O/c1-4-7-8-9(10,5-2)6-3/h2,10H,4,6-8H2,1,3H3. The number of hydrogen-bond acceptors (Lipinski definition) is 1. The van der Waals surface area contributed by atoms with Gasteiger partial charge in [0.2, 0.25) is 0 Å². The molecule has 0 rings (SSSR count). The van der Waals surface area contributed by atoms with Gasteiger partial charge in [-0.15, -0.1) is 6.42 Å². The minimum atomic E-state index is -0.837. The smallest absolute Gasteiger partial charge is 0.125 e. The number of unbranched alkanes of at least 4 members (excludes halogenated alkanes) is 1.